The first-order chi connectivity index (χ1) is 7.04. The van der Waals surface area contributed by atoms with Gasteiger partial charge in [0, 0.05) is 5.33 Å². The number of benzene rings is 1. The number of rotatable bonds is 4. The Morgan fingerprint density at radius 3 is 2.53 bits per heavy atom. The molecule has 0 saturated heterocycles. The van der Waals surface area contributed by atoms with Gasteiger partial charge in [0.05, 0.1) is 5.02 Å². The molecule has 15 heavy (non-hydrogen) atoms. The van der Waals surface area contributed by atoms with E-state index in [2.05, 4.69) is 29.8 Å². The SMILES string of the molecule is CC(C)C(CBr)Cc1ccc(Cl)c(F)c1. The lowest BCUT2D eigenvalue weighted by Gasteiger charge is -2.18. The van der Waals surface area contributed by atoms with Gasteiger partial charge in [-0.3, -0.25) is 0 Å². The van der Waals surface area contributed by atoms with Crippen LogP contribution in [0.1, 0.15) is 19.4 Å². The molecular weight excluding hydrogens is 278 g/mol. The number of alkyl halides is 1. The van der Waals surface area contributed by atoms with Crippen molar-refractivity contribution in [2.45, 2.75) is 20.3 Å². The molecule has 3 heteroatoms. The average Bonchev–Trinajstić information content (AvgIpc) is 2.19. The number of hydrogen-bond acceptors (Lipinski definition) is 0. The summed E-state index contributed by atoms with van der Waals surface area (Å²) in [5.41, 5.74) is 1.01. The van der Waals surface area contributed by atoms with E-state index in [1.54, 1.807) is 6.07 Å². The lowest BCUT2D eigenvalue weighted by atomic mass is 9.91. The quantitative estimate of drug-likeness (QED) is 0.707. The fourth-order valence-corrected chi connectivity index (χ4v) is 2.53. The second kappa shape index (κ2) is 5.86. The van der Waals surface area contributed by atoms with Crippen molar-refractivity contribution in [2.75, 3.05) is 5.33 Å². The third kappa shape index (κ3) is 3.76. The first-order valence-corrected chi connectivity index (χ1v) is 6.54. The van der Waals surface area contributed by atoms with Crippen LogP contribution in [0.25, 0.3) is 0 Å². The normalized spacial score (nSPS) is 13.2. The van der Waals surface area contributed by atoms with Crippen molar-refractivity contribution in [3.05, 3.63) is 34.6 Å². The van der Waals surface area contributed by atoms with Crippen LogP contribution in [-0.4, -0.2) is 5.33 Å². The summed E-state index contributed by atoms with van der Waals surface area (Å²) >= 11 is 9.12. The molecule has 0 nitrogen and oxygen atoms in total. The molecule has 1 unspecified atom stereocenters. The van der Waals surface area contributed by atoms with E-state index in [1.807, 2.05) is 6.07 Å². The highest BCUT2D eigenvalue weighted by Gasteiger charge is 2.13. The van der Waals surface area contributed by atoms with Gasteiger partial charge in [-0.1, -0.05) is 47.4 Å². The molecule has 0 aliphatic heterocycles. The number of halogens is 3. The predicted octanol–water partition coefficient (Wildman–Crippen LogP) is 4.69. The minimum absolute atomic E-state index is 0.193. The van der Waals surface area contributed by atoms with E-state index in [4.69, 9.17) is 11.6 Å². The summed E-state index contributed by atoms with van der Waals surface area (Å²) in [5.74, 6) is 0.792. The van der Waals surface area contributed by atoms with Crippen molar-refractivity contribution in [2.24, 2.45) is 11.8 Å². The van der Waals surface area contributed by atoms with Gasteiger partial charge >= 0.3 is 0 Å². The monoisotopic (exact) mass is 292 g/mol. The third-order valence-corrected chi connectivity index (χ3v) is 3.76. The zero-order valence-electron chi connectivity index (χ0n) is 8.93. The topological polar surface area (TPSA) is 0 Å². The Kier molecular flexibility index (Phi) is 5.07. The fraction of sp³-hybridized carbons (Fsp3) is 0.500. The molecule has 0 heterocycles. The molecular formula is C12H15BrClF. The van der Waals surface area contributed by atoms with Crippen molar-refractivity contribution in [1.82, 2.24) is 0 Å². The van der Waals surface area contributed by atoms with Crippen LogP contribution < -0.4 is 0 Å². The molecule has 0 aliphatic rings. The Morgan fingerprint density at radius 2 is 2.07 bits per heavy atom. The highest BCUT2D eigenvalue weighted by molar-refractivity contribution is 9.09. The summed E-state index contributed by atoms with van der Waals surface area (Å²) < 4.78 is 13.2. The van der Waals surface area contributed by atoms with Gasteiger partial charge in [-0.05, 0) is 36.0 Å². The van der Waals surface area contributed by atoms with Gasteiger partial charge in [0.1, 0.15) is 5.82 Å². The molecule has 0 spiro atoms. The smallest absolute Gasteiger partial charge is 0.142 e. The van der Waals surface area contributed by atoms with Crippen molar-refractivity contribution in [3.63, 3.8) is 0 Å². The van der Waals surface area contributed by atoms with E-state index in [-0.39, 0.29) is 10.8 Å². The van der Waals surface area contributed by atoms with E-state index in [0.29, 0.717) is 11.8 Å². The molecule has 0 amide bonds. The van der Waals surface area contributed by atoms with E-state index in [9.17, 15) is 4.39 Å². The van der Waals surface area contributed by atoms with Crippen LogP contribution in [-0.2, 0) is 6.42 Å². The Morgan fingerprint density at radius 1 is 1.40 bits per heavy atom. The second-order valence-corrected chi connectivity index (χ2v) is 5.17. The summed E-state index contributed by atoms with van der Waals surface area (Å²) in [6.45, 7) is 4.36. The second-order valence-electron chi connectivity index (χ2n) is 4.11. The van der Waals surface area contributed by atoms with Crippen LogP contribution in [0.15, 0.2) is 18.2 Å². The summed E-state index contributed by atoms with van der Waals surface area (Å²) in [5, 5.41) is 1.13. The zero-order valence-corrected chi connectivity index (χ0v) is 11.3. The Hall–Kier alpha value is -0.0800. The molecule has 1 aromatic carbocycles. The Balaban J connectivity index is 2.75. The molecule has 0 fully saturated rings. The maximum Gasteiger partial charge on any atom is 0.142 e. The van der Waals surface area contributed by atoms with Crippen LogP contribution in [0.5, 0.6) is 0 Å². The van der Waals surface area contributed by atoms with Gasteiger partial charge in [0.15, 0.2) is 0 Å². The third-order valence-electron chi connectivity index (χ3n) is 2.62. The Bertz CT molecular complexity index is 325. The van der Waals surface area contributed by atoms with Crippen LogP contribution in [0, 0.1) is 17.7 Å². The first-order valence-electron chi connectivity index (χ1n) is 5.04. The van der Waals surface area contributed by atoms with Crippen molar-refractivity contribution in [1.29, 1.82) is 0 Å². The Labute approximate surface area is 104 Å². The molecule has 1 aromatic rings. The lowest BCUT2D eigenvalue weighted by molar-refractivity contribution is 0.426. The molecule has 0 bridgehead atoms. The maximum atomic E-state index is 13.2. The van der Waals surface area contributed by atoms with Gasteiger partial charge in [0.2, 0.25) is 0 Å². The first kappa shape index (κ1) is 13.0. The molecule has 0 saturated carbocycles. The largest absolute Gasteiger partial charge is 0.205 e. The van der Waals surface area contributed by atoms with Crippen LogP contribution in [0.4, 0.5) is 4.39 Å². The minimum Gasteiger partial charge on any atom is -0.205 e. The molecule has 0 radical (unpaired) electrons. The van der Waals surface area contributed by atoms with Crippen molar-refractivity contribution < 1.29 is 4.39 Å². The van der Waals surface area contributed by atoms with Gasteiger partial charge < -0.3 is 0 Å². The van der Waals surface area contributed by atoms with E-state index in [0.717, 1.165) is 17.3 Å². The van der Waals surface area contributed by atoms with E-state index >= 15 is 0 Å². The summed E-state index contributed by atoms with van der Waals surface area (Å²) in [7, 11) is 0. The van der Waals surface area contributed by atoms with Crippen molar-refractivity contribution >= 4 is 27.5 Å². The fourth-order valence-electron chi connectivity index (χ4n) is 1.44. The summed E-state index contributed by atoms with van der Waals surface area (Å²) in [6.07, 6.45) is 0.886. The van der Waals surface area contributed by atoms with Crippen LogP contribution >= 0.6 is 27.5 Å². The van der Waals surface area contributed by atoms with Gasteiger partial charge in [-0.15, -0.1) is 0 Å². The maximum absolute atomic E-state index is 13.2. The van der Waals surface area contributed by atoms with Crippen LogP contribution in [0.2, 0.25) is 5.02 Å². The summed E-state index contributed by atoms with van der Waals surface area (Å²) in [4.78, 5) is 0. The lowest BCUT2D eigenvalue weighted by Crippen LogP contribution is -2.13. The average molecular weight is 294 g/mol. The van der Waals surface area contributed by atoms with Gasteiger partial charge in [-0.2, -0.15) is 0 Å². The molecule has 1 atom stereocenters. The molecule has 84 valence electrons. The van der Waals surface area contributed by atoms with Gasteiger partial charge in [-0.25, -0.2) is 4.39 Å². The predicted molar refractivity (Wildman–Crippen MR) is 67.2 cm³/mol. The highest BCUT2D eigenvalue weighted by Crippen LogP contribution is 2.22. The standard InChI is InChI=1S/C12H15BrClF/c1-8(2)10(7-13)5-9-3-4-11(14)12(15)6-9/h3-4,6,8,10H,5,7H2,1-2H3. The zero-order chi connectivity index (χ0) is 11.4. The van der Waals surface area contributed by atoms with E-state index in [1.165, 1.54) is 6.07 Å². The summed E-state index contributed by atoms with van der Waals surface area (Å²) in [6, 6.07) is 5.04. The highest BCUT2D eigenvalue weighted by atomic mass is 79.9. The molecule has 0 aromatic heterocycles. The molecule has 0 N–H and O–H groups in total. The van der Waals surface area contributed by atoms with Crippen LogP contribution in [0.3, 0.4) is 0 Å². The van der Waals surface area contributed by atoms with Crippen molar-refractivity contribution in [3.8, 4) is 0 Å². The molecule has 0 aliphatic carbocycles. The van der Waals surface area contributed by atoms with E-state index < -0.39 is 0 Å². The molecule has 1 rings (SSSR count). The van der Waals surface area contributed by atoms with Gasteiger partial charge in [0.25, 0.3) is 0 Å². The minimum atomic E-state index is -0.328. The number of hydrogen-bond donors (Lipinski definition) is 0.